The number of benzene rings is 4. The van der Waals surface area contributed by atoms with Gasteiger partial charge in [-0.05, 0) is 43.0 Å². The predicted octanol–water partition coefficient (Wildman–Crippen LogP) is 6.98. The van der Waals surface area contributed by atoms with E-state index >= 15 is 0 Å². The van der Waals surface area contributed by atoms with Crippen LogP contribution in [0.2, 0.25) is 0 Å². The molecule has 10 heteroatoms. The molecule has 4 aromatic carbocycles. The lowest BCUT2D eigenvalue weighted by Gasteiger charge is -2.48. The van der Waals surface area contributed by atoms with Crippen molar-refractivity contribution in [1.29, 1.82) is 0 Å². The number of methoxy groups -OCH3 is 1. The van der Waals surface area contributed by atoms with Crippen LogP contribution >= 0.6 is 0 Å². The molecular formula is C44H52O10. The molecule has 0 aliphatic carbocycles. The molecule has 3 aliphatic rings. The maximum atomic E-state index is 7.01. The molecule has 0 bridgehead atoms. The molecule has 3 aliphatic heterocycles. The Kier molecular flexibility index (Phi) is 13.2. The summed E-state index contributed by atoms with van der Waals surface area (Å²) in [5, 5.41) is 0. The van der Waals surface area contributed by atoms with Crippen LogP contribution < -0.4 is 0 Å². The van der Waals surface area contributed by atoms with E-state index < -0.39 is 67.2 Å². The molecule has 0 radical (unpaired) electrons. The van der Waals surface area contributed by atoms with Gasteiger partial charge in [0.15, 0.2) is 18.4 Å². The fraction of sp³-hybridized carbons (Fsp3) is 0.455. The lowest BCUT2D eigenvalue weighted by Crippen LogP contribution is -2.64. The third-order valence-corrected chi connectivity index (χ3v) is 9.93. The molecule has 0 saturated carbocycles. The van der Waals surface area contributed by atoms with Crippen molar-refractivity contribution in [3.63, 3.8) is 0 Å². The van der Waals surface area contributed by atoms with Crippen LogP contribution in [0.4, 0.5) is 0 Å². The van der Waals surface area contributed by atoms with Gasteiger partial charge in [0.1, 0.15) is 42.7 Å². The van der Waals surface area contributed by atoms with E-state index in [1.807, 2.05) is 142 Å². The third kappa shape index (κ3) is 9.82. The second-order valence-corrected chi connectivity index (χ2v) is 14.4. The lowest BCUT2D eigenvalue weighted by molar-refractivity contribution is -0.359. The summed E-state index contributed by atoms with van der Waals surface area (Å²) in [6, 6.07) is 40.2. The number of fused-ring (bicyclic) bond motifs is 1. The standard InChI is InChI=1S/C44H52O10/c1-30-36(39-41(42(45-4)50-30)54-44(2,3)53-39)52-43-40(49-28-34-23-15-8-16-24-34)38(48-27-33-21-13-7-14-22-33)37(47-26-32-19-11-6-12-20-32)35(51-43)29-46-25-31-17-9-5-10-18-31/h5-24,30,35-43H,25-29H2,1-4H3/t30-,35+,36-,37-,38-,39+,40+,41+,42+,43?/m0/s1. The predicted molar refractivity (Wildman–Crippen MR) is 200 cm³/mol. The zero-order chi connectivity index (χ0) is 37.3. The van der Waals surface area contributed by atoms with Gasteiger partial charge in [-0.25, -0.2) is 0 Å². The Morgan fingerprint density at radius 2 is 0.981 bits per heavy atom. The van der Waals surface area contributed by atoms with Gasteiger partial charge in [-0.2, -0.15) is 0 Å². The maximum Gasteiger partial charge on any atom is 0.187 e. The Hall–Kier alpha value is -3.52. The van der Waals surface area contributed by atoms with E-state index in [1.54, 1.807) is 7.11 Å². The van der Waals surface area contributed by atoms with Crippen molar-refractivity contribution in [3.8, 4) is 0 Å². The summed E-state index contributed by atoms with van der Waals surface area (Å²) in [5.74, 6) is -0.872. The first kappa shape index (κ1) is 38.7. The summed E-state index contributed by atoms with van der Waals surface area (Å²) in [6.07, 6.45) is -6.18. The molecule has 0 N–H and O–H groups in total. The Labute approximate surface area is 318 Å². The summed E-state index contributed by atoms with van der Waals surface area (Å²) in [5.41, 5.74) is 4.09. The number of ether oxygens (including phenoxy) is 10. The molecule has 3 saturated heterocycles. The highest BCUT2D eigenvalue weighted by atomic mass is 16.8. The van der Waals surface area contributed by atoms with Crippen LogP contribution in [0.1, 0.15) is 43.0 Å². The van der Waals surface area contributed by atoms with E-state index in [2.05, 4.69) is 0 Å². The van der Waals surface area contributed by atoms with Crippen molar-refractivity contribution >= 4 is 0 Å². The minimum atomic E-state index is -0.931. The zero-order valence-corrected chi connectivity index (χ0v) is 31.4. The van der Waals surface area contributed by atoms with Gasteiger partial charge in [-0.1, -0.05) is 121 Å². The van der Waals surface area contributed by atoms with Crippen molar-refractivity contribution in [3.05, 3.63) is 144 Å². The summed E-state index contributed by atoms with van der Waals surface area (Å²) in [6.45, 7) is 7.27. The average Bonchev–Trinajstić information content (AvgIpc) is 3.53. The van der Waals surface area contributed by atoms with Crippen molar-refractivity contribution in [2.45, 2.75) is 114 Å². The number of rotatable bonds is 16. The SMILES string of the molecule is CO[C@@H]1O[C@@H](C)[C@H](OC2O[C@H](COCc3ccccc3)[C@H](OCc3ccccc3)[C@H](OCc3ccccc3)[C@H]2OCc2ccccc2)[C@H]2OC(C)(C)O[C@@H]12. The zero-order valence-electron chi connectivity index (χ0n) is 31.4. The highest BCUT2D eigenvalue weighted by molar-refractivity contribution is 5.16. The van der Waals surface area contributed by atoms with Crippen molar-refractivity contribution in [2.75, 3.05) is 13.7 Å². The molecule has 10 nitrogen and oxygen atoms in total. The molecule has 3 heterocycles. The van der Waals surface area contributed by atoms with E-state index in [9.17, 15) is 0 Å². The largest absolute Gasteiger partial charge is 0.374 e. The van der Waals surface area contributed by atoms with Gasteiger partial charge in [-0.3, -0.25) is 0 Å². The summed E-state index contributed by atoms with van der Waals surface area (Å²) < 4.78 is 65.6. The van der Waals surface area contributed by atoms with Gasteiger partial charge < -0.3 is 47.4 Å². The second kappa shape index (κ2) is 18.4. The van der Waals surface area contributed by atoms with Gasteiger partial charge >= 0.3 is 0 Å². The van der Waals surface area contributed by atoms with Crippen LogP contribution in [-0.2, 0) is 73.8 Å². The van der Waals surface area contributed by atoms with Crippen molar-refractivity contribution in [2.24, 2.45) is 0 Å². The van der Waals surface area contributed by atoms with Crippen LogP contribution in [0.15, 0.2) is 121 Å². The smallest absolute Gasteiger partial charge is 0.187 e. The molecule has 0 aromatic heterocycles. The molecule has 7 rings (SSSR count). The summed E-state index contributed by atoms with van der Waals surface area (Å²) in [4.78, 5) is 0. The van der Waals surface area contributed by atoms with E-state index in [4.69, 9.17) is 47.4 Å². The quantitative estimate of drug-likeness (QED) is 0.120. The van der Waals surface area contributed by atoms with E-state index in [-0.39, 0.29) is 6.61 Å². The molecule has 4 aromatic rings. The Bertz CT molecular complexity index is 1680. The minimum absolute atomic E-state index is 0.214. The van der Waals surface area contributed by atoms with Gasteiger partial charge in [-0.15, -0.1) is 0 Å². The highest BCUT2D eigenvalue weighted by Crippen LogP contribution is 2.41. The average molecular weight is 741 g/mol. The van der Waals surface area contributed by atoms with Crippen LogP contribution in [-0.4, -0.2) is 80.9 Å². The first-order valence-corrected chi connectivity index (χ1v) is 18.8. The first-order chi connectivity index (χ1) is 26.4. The van der Waals surface area contributed by atoms with Gasteiger partial charge in [0, 0.05) is 7.11 Å². The summed E-state index contributed by atoms with van der Waals surface area (Å²) >= 11 is 0. The Morgan fingerprint density at radius 1 is 0.519 bits per heavy atom. The fourth-order valence-corrected chi connectivity index (χ4v) is 7.30. The Morgan fingerprint density at radius 3 is 1.50 bits per heavy atom. The normalized spacial score (nSPS) is 30.5. The fourth-order valence-electron chi connectivity index (χ4n) is 7.30. The number of hydrogen-bond donors (Lipinski definition) is 0. The number of hydrogen-bond acceptors (Lipinski definition) is 10. The van der Waals surface area contributed by atoms with E-state index in [1.165, 1.54) is 0 Å². The van der Waals surface area contributed by atoms with Crippen LogP contribution in [0.5, 0.6) is 0 Å². The van der Waals surface area contributed by atoms with Gasteiger partial charge in [0.25, 0.3) is 0 Å². The van der Waals surface area contributed by atoms with Crippen LogP contribution in [0.25, 0.3) is 0 Å². The molecule has 1 unspecified atom stereocenters. The Balaban J connectivity index is 1.22. The van der Waals surface area contributed by atoms with Gasteiger partial charge in [0.2, 0.25) is 0 Å². The summed E-state index contributed by atoms with van der Waals surface area (Å²) in [7, 11) is 1.60. The van der Waals surface area contributed by atoms with E-state index in [0.29, 0.717) is 26.4 Å². The topological polar surface area (TPSA) is 92.3 Å². The molecule has 0 spiro atoms. The van der Waals surface area contributed by atoms with Crippen LogP contribution in [0.3, 0.4) is 0 Å². The maximum absolute atomic E-state index is 7.01. The minimum Gasteiger partial charge on any atom is -0.374 e. The highest BCUT2D eigenvalue weighted by Gasteiger charge is 2.57. The van der Waals surface area contributed by atoms with Crippen molar-refractivity contribution < 1.29 is 47.4 Å². The lowest BCUT2D eigenvalue weighted by atomic mass is 9.96. The van der Waals surface area contributed by atoms with E-state index in [0.717, 1.165) is 22.3 Å². The first-order valence-electron chi connectivity index (χ1n) is 18.8. The molecule has 0 amide bonds. The molecular weight excluding hydrogens is 688 g/mol. The molecule has 54 heavy (non-hydrogen) atoms. The van der Waals surface area contributed by atoms with Gasteiger partial charge in [0.05, 0.1) is 39.1 Å². The third-order valence-electron chi connectivity index (χ3n) is 9.93. The van der Waals surface area contributed by atoms with Crippen molar-refractivity contribution in [1.82, 2.24) is 0 Å². The molecule has 288 valence electrons. The van der Waals surface area contributed by atoms with Crippen LogP contribution in [0, 0.1) is 0 Å². The monoisotopic (exact) mass is 740 g/mol. The molecule has 3 fully saturated rings. The second-order valence-electron chi connectivity index (χ2n) is 14.4. The molecule has 10 atom stereocenters.